The van der Waals surface area contributed by atoms with E-state index in [-0.39, 0.29) is 18.4 Å². The molecule has 0 bridgehead atoms. The Morgan fingerprint density at radius 3 is 2.17 bits per heavy atom. The van der Waals surface area contributed by atoms with Crippen LogP contribution in [0.15, 0.2) is 30.9 Å². The van der Waals surface area contributed by atoms with Gasteiger partial charge in [-0.2, -0.15) is 0 Å². The summed E-state index contributed by atoms with van der Waals surface area (Å²) in [6.45, 7) is 13.6. The van der Waals surface area contributed by atoms with E-state index in [4.69, 9.17) is 23.2 Å². The van der Waals surface area contributed by atoms with Gasteiger partial charge >= 0.3 is 6.09 Å². The zero-order valence-electron chi connectivity index (χ0n) is 18.1. The Hall–Kier alpha value is -1.72. The van der Waals surface area contributed by atoms with E-state index in [1.165, 1.54) is 4.90 Å². The highest BCUT2D eigenvalue weighted by molar-refractivity contribution is 6.42. The van der Waals surface area contributed by atoms with Crippen molar-refractivity contribution in [3.05, 3.63) is 46.5 Å². The molecule has 1 atom stereocenters. The molecule has 0 radical (unpaired) electrons. The number of benzene rings is 1. The fourth-order valence-corrected chi connectivity index (χ4v) is 3.75. The zero-order valence-corrected chi connectivity index (χ0v) is 19.6. The summed E-state index contributed by atoms with van der Waals surface area (Å²) < 4.78 is 0. The van der Waals surface area contributed by atoms with Gasteiger partial charge in [0.1, 0.15) is 0 Å². The number of hydrogen-bond donors (Lipinski definition) is 1. The lowest BCUT2D eigenvalue weighted by Gasteiger charge is -2.44. The Bertz CT molecular complexity index is 759. The number of amides is 2. The summed E-state index contributed by atoms with van der Waals surface area (Å²) in [4.78, 5) is 27.7. The Morgan fingerprint density at radius 1 is 1.17 bits per heavy atom. The van der Waals surface area contributed by atoms with Gasteiger partial charge in [0.15, 0.2) is 0 Å². The van der Waals surface area contributed by atoms with Crippen molar-refractivity contribution < 1.29 is 14.7 Å². The third-order valence-corrected chi connectivity index (χ3v) is 5.72. The molecule has 0 aromatic heterocycles. The molecule has 0 spiro atoms. The van der Waals surface area contributed by atoms with Gasteiger partial charge in [-0.1, -0.05) is 49.2 Å². The molecule has 1 aromatic rings. The molecule has 0 aliphatic rings. The monoisotopic (exact) mass is 442 g/mol. The summed E-state index contributed by atoms with van der Waals surface area (Å²) >= 11 is 12.4. The van der Waals surface area contributed by atoms with Crippen molar-refractivity contribution in [3.63, 3.8) is 0 Å². The molecule has 0 fully saturated rings. The van der Waals surface area contributed by atoms with Crippen LogP contribution in [0.1, 0.15) is 46.6 Å². The molecule has 0 heterocycles. The standard InChI is InChI=1S/C22H32Cl2N2O3/c1-8-11-22(13-25(7)19(27)15(2)3,14-26(20(28)29)21(4,5)6)16-9-10-17(23)18(24)12-16/h8-10,12,15H,1,11,13-14H2,2-7H3,(H,28,29). The second-order valence-electron chi connectivity index (χ2n) is 8.79. The van der Waals surface area contributed by atoms with Crippen LogP contribution in [-0.2, 0) is 10.2 Å². The molecule has 2 amide bonds. The first-order valence-corrected chi connectivity index (χ1v) is 10.3. The molecule has 1 N–H and O–H groups in total. The fraction of sp³-hybridized carbons (Fsp3) is 0.545. The van der Waals surface area contributed by atoms with Crippen LogP contribution >= 0.6 is 23.2 Å². The molecule has 0 aliphatic carbocycles. The molecule has 162 valence electrons. The van der Waals surface area contributed by atoms with E-state index < -0.39 is 17.0 Å². The summed E-state index contributed by atoms with van der Waals surface area (Å²) in [5.74, 6) is -0.190. The second-order valence-corrected chi connectivity index (χ2v) is 9.60. The van der Waals surface area contributed by atoms with Crippen molar-refractivity contribution in [2.45, 2.75) is 52.0 Å². The van der Waals surface area contributed by atoms with Crippen LogP contribution in [0.2, 0.25) is 10.0 Å². The zero-order chi connectivity index (χ0) is 22.6. The van der Waals surface area contributed by atoms with Gasteiger partial charge in [0.2, 0.25) is 5.91 Å². The summed E-state index contributed by atoms with van der Waals surface area (Å²) in [7, 11) is 1.74. The van der Waals surface area contributed by atoms with Crippen molar-refractivity contribution >= 4 is 35.2 Å². The van der Waals surface area contributed by atoms with Crippen molar-refractivity contribution in [1.82, 2.24) is 9.80 Å². The first-order valence-electron chi connectivity index (χ1n) is 9.57. The average molecular weight is 443 g/mol. The van der Waals surface area contributed by atoms with E-state index in [9.17, 15) is 14.7 Å². The molecule has 1 rings (SSSR count). The highest BCUT2D eigenvalue weighted by Gasteiger charge is 2.40. The minimum atomic E-state index is -1.02. The topological polar surface area (TPSA) is 60.9 Å². The number of allylic oxidation sites excluding steroid dienone is 1. The second kappa shape index (κ2) is 9.86. The van der Waals surface area contributed by atoms with E-state index in [0.29, 0.717) is 23.0 Å². The maximum atomic E-state index is 12.6. The largest absolute Gasteiger partial charge is 0.465 e. The molecule has 0 aliphatic heterocycles. The highest BCUT2D eigenvalue weighted by Crippen LogP contribution is 2.36. The Balaban J connectivity index is 3.61. The molecule has 5 nitrogen and oxygen atoms in total. The summed E-state index contributed by atoms with van der Waals surface area (Å²) in [6, 6.07) is 5.29. The van der Waals surface area contributed by atoms with Crippen LogP contribution in [0, 0.1) is 5.92 Å². The SMILES string of the molecule is C=CCC(CN(C)C(=O)C(C)C)(CN(C(=O)O)C(C)(C)C)c1ccc(Cl)c(Cl)c1. The third-order valence-electron chi connectivity index (χ3n) is 4.98. The number of carbonyl (C=O) groups is 2. The molecule has 0 saturated carbocycles. The predicted molar refractivity (Wildman–Crippen MR) is 120 cm³/mol. The molecule has 1 aromatic carbocycles. The summed E-state index contributed by atoms with van der Waals surface area (Å²) in [5, 5.41) is 10.7. The fourth-order valence-electron chi connectivity index (χ4n) is 3.45. The van der Waals surface area contributed by atoms with Crippen molar-refractivity contribution in [3.8, 4) is 0 Å². The summed E-state index contributed by atoms with van der Waals surface area (Å²) in [6.07, 6.45) is 1.18. The van der Waals surface area contributed by atoms with Gasteiger partial charge in [-0.3, -0.25) is 4.79 Å². The van der Waals surface area contributed by atoms with Crippen LogP contribution in [0.25, 0.3) is 0 Å². The van der Waals surface area contributed by atoms with Gasteiger partial charge in [-0.25, -0.2) is 4.79 Å². The van der Waals surface area contributed by atoms with Gasteiger partial charge in [-0.15, -0.1) is 6.58 Å². The Kier molecular flexibility index (Phi) is 8.60. The van der Waals surface area contributed by atoms with Gasteiger partial charge in [0.25, 0.3) is 0 Å². The Morgan fingerprint density at radius 2 is 1.76 bits per heavy atom. The highest BCUT2D eigenvalue weighted by atomic mass is 35.5. The quantitative estimate of drug-likeness (QED) is 0.525. The lowest BCUT2D eigenvalue weighted by molar-refractivity contribution is -0.134. The first-order chi connectivity index (χ1) is 13.2. The molecular formula is C22H32Cl2N2O3. The minimum absolute atomic E-state index is 0.0175. The van der Waals surface area contributed by atoms with Crippen molar-refractivity contribution in [2.75, 3.05) is 20.1 Å². The number of carbonyl (C=O) groups excluding carboxylic acids is 1. The molecular weight excluding hydrogens is 411 g/mol. The van der Waals surface area contributed by atoms with Gasteiger partial charge in [0.05, 0.1) is 10.0 Å². The van der Waals surface area contributed by atoms with E-state index in [1.807, 2.05) is 40.7 Å². The normalized spacial score (nSPS) is 13.7. The number of hydrogen-bond acceptors (Lipinski definition) is 2. The number of carboxylic acid groups (broad SMARTS) is 1. The van der Waals surface area contributed by atoms with Gasteiger partial charge in [0, 0.05) is 37.0 Å². The maximum Gasteiger partial charge on any atom is 0.407 e. The van der Waals surface area contributed by atoms with Crippen LogP contribution in [0.4, 0.5) is 4.79 Å². The lowest BCUT2D eigenvalue weighted by Crippen LogP contribution is -2.55. The first kappa shape index (κ1) is 25.3. The van der Waals surface area contributed by atoms with Crippen molar-refractivity contribution in [1.29, 1.82) is 0 Å². The van der Waals surface area contributed by atoms with Crippen LogP contribution in [0.5, 0.6) is 0 Å². The summed E-state index contributed by atoms with van der Waals surface area (Å²) in [5.41, 5.74) is -0.554. The number of likely N-dealkylation sites (N-methyl/N-ethyl adjacent to an activating group) is 1. The van der Waals surface area contributed by atoms with Gasteiger partial charge in [-0.05, 0) is 44.9 Å². The Labute approximate surface area is 184 Å². The molecule has 29 heavy (non-hydrogen) atoms. The lowest BCUT2D eigenvalue weighted by atomic mass is 9.75. The molecule has 7 heteroatoms. The maximum absolute atomic E-state index is 12.6. The van der Waals surface area contributed by atoms with Crippen LogP contribution < -0.4 is 0 Å². The smallest absolute Gasteiger partial charge is 0.407 e. The van der Waals surface area contributed by atoms with E-state index in [1.54, 1.807) is 30.2 Å². The average Bonchev–Trinajstić information content (AvgIpc) is 2.59. The van der Waals surface area contributed by atoms with Crippen LogP contribution in [0.3, 0.4) is 0 Å². The van der Waals surface area contributed by atoms with E-state index in [2.05, 4.69) is 6.58 Å². The minimum Gasteiger partial charge on any atom is -0.465 e. The van der Waals surface area contributed by atoms with Gasteiger partial charge < -0.3 is 14.9 Å². The number of rotatable bonds is 8. The predicted octanol–water partition coefficient (Wildman–Crippen LogP) is 5.70. The van der Waals surface area contributed by atoms with E-state index >= 15 is 0 Å². The molecule has 1 unspecified atom stereocenters. The van der Waals surface area contributed by atoms with E-state index in [0.717, 1.165) is 5.56 Å². The third kappa shape index (κ3) is 6.38. The number of nitrogens with zero attached hydrogens (tertiary/aromatic N) is 2. The number of halogens is 2. The molecule has 0 saturated heterocycles. The van der Waals surface area contributed by atoms with Crippen molar-refractivity contribution in [2.24, 2.45) is 5.92 Å². The van der Waals surface area contributed by atoms with Crippen LogP contribution in [-0.4, -0.2) is 52.6 Å².